The van der Waals surface area contributed by atoms with E-state index >= 15 is 0 Å². The molecular weight excluding hydrogens is 422 g/mol. The van der Waals surface area contributed by atoms with E-state index in [9.17, 15) is 14.7 Å². The Balaban J connectivity index is 1.72. The summed E-state index contributed by atoms with van der Waals surface area (Å²) >= 11 is 6.29. The predicted octanol–water partition coefficient (Wildman–Crippen LogP) is 3.71. The second-order valence-corrected chi connectivity index (χ2v) is 7.58. The molecule has 0 radical (unpaired) electrons. The molecule has 3 heterocycles. The van der Waals surface area contributed by atoms with Gasteiger partial charge in [0.2, 0.25) is 5.95 Å². The maximum absolute atomic E-state index is 12.3. The lowest BCUT2D eigenvalue weighted by Gasteiger charge is -2.11. The maximum atomic E-state index is 12.3. The van der Waals surface area contributed by atoms with Crippen LogP contribution in [0.1, 0.15) is 11.1 Å². The van der Waals surface area contributed by atoms with Gasteiger partial charge in [-0.3, -0.25) is 9.36 Å². The minimum absolute atomic E-state index is 0.311. The number of nitrogens with zero attached hydrogens (tertiary/aromatic N) is 3. The van der Waals surface area contributed by atoms with Gasteiger partial charge in [0.1, 0.15) is 11.6 Å². The molecule has 5 rings (SSSR count). The molecule has 0 unspecified atom stereocenters. The molecule has 2 aromatic carbocycles. The number of aryl methyl sites for hydroxylation is 2. The highest BCUT2D eigenvalue weighted by Crippen LogP contribution is 2.30. The highest BCUT2D eigenvalue weighted by molar-refractivity contribution is 6.32. The third-order valence-corrected chi connectivity index (χ3v) is 5.29. The van der Waals surface area contributed by atoms with E-state index in [4.69, 9.17) is 16.0 Å². The lowest BCUT2D eigenvalue weighted by Crippen LogP contribution is -2.19. The van der Waals surface area contributed by atoms with Crippen LogP contribution >= 0.6 is 11.6 Å². The molecule has 3 N–H and O–H groups in total. The number of aromatic nitrogens is 3. The molecule has 0 saturated carbocycles. The molecule has 0 saturated heterocycles. The fourth-order valence-electron chi connectivity index (χ4n) is 3.64. The number of hydrogen-bond donors (Lipinski definition) is 3. The van der Waals surface area contributed by atoms with Crippen LogP contribution in [0.15, 0.2) is 51.8 Å². The Bertz CT molecular complexity index is 1390. The average Bonchev–Trinajstić information content (AvgIpc) is 3.04. The Morgan fingerprint density at radius 1 is 1.19 bits per heavy atom. The Morgan fingerprint density at radius 2 is 2.06 bits per heavy atom. The third kappa shape index (κ3) is 3.71. The van der Waals surface area contributed by atoms with Crippen molar-refractivity contribution in [2.45, 2.75) is 19.4 Å². The quantitative estimate of drug-likeness (QED) is 0.433. The van der Waals surface area contributed by atoms with Crippen LogP contribution in [0, 0.1) is 0 Å². The Labute approximate surface area is 180 Å². The molecule has 0 amide bonds. The van der Waals surface area contributed by atoms with Gasteiger partial charge in [-0.1, -0.05) is 23.7 Å². The molecule has 1 aliphatic rings. The molecule has 156 valence electrons. The van der Waals surface area contributed by atoms with Crippen LogP contribution in [0.5, 0.6) is 0 Å². The van der Waals surface area contributed by atoms with E-state index in [1.165, 1.54) is 6.20 Å². The number of oxazole rings is 1. The van der Waals surface area contributed by atoms with E-state index in [0.29, 0.717) is 46.4 Å². The Morgan fingerprint density at radius 3 is 2.90 bits per heavy atom. The number of hydrogen-bond acceptors (Lipinski definition) is 7. The van der Waals surface area contributed by atoms with E-state index in [-0.39, 0.29) is 0 Å². The van der Waals surface area contributed by atoms with Crippen molar-refractivity contribution >= 4 is 51.8 Å². The van der Waals surface area contributed by atoms with E-state index in [2.05, 4.69) is 20.6 Å². The zero-order valence-corrected chi connectivity index (χ0v) is 16.8. The minimum atomic E-state index is -1.14. The Kier molecular flexibility index (Phi) is 4.59. The molecule has 0 aliphatic carbocycles. The van der Waals surface area contributed by atoms with Crippen molar-refractivity contribution < 1.29 is 14.3 Å². The number of fused-ring (bicyclic) bond motifs is 8. The second-order valence-electron chi connectivity index (χ2n) is 7.17. The molecule has 1 aliphatic heterocycles. The lowest BCUT2D eigenvalue weighted by atomic mass is 10.0. The molecular formula is C21H16ClN5O4. The number of nitrogens with one attached hydrogen (secondary N) is 2. The maximum Gasteiger partial charge on any atom is 0.420 e. The zero-order valence-electron chi connectivity index (χ0n) is 16.1. The number of carboxylic acids is 1. The number of benzene rings is 2. The number of rotatable bonds is 2. The van der Waals surface area contributed by atoms with Crippen molar-refractivity contribution in [2.24, 2.45) is 0 Å². The first-order valence-electron chi connectivity index (χ1n) is 9.50. The van der Waals surface area contributed by atoms with Crippen LogP contribution in [-0.4, -0.2) is 25.6 Å². The predicted molar refractivity (Wildman–Crippen MR) is 116 cm³/mol. The van der Waals surface area contributed by atoms with Gasteiger partial charge in [-0.25, -0.2) is 9.78 Å². The van der Waals surface area contributed by atoms with Crippen LogP contribution in [-0.2, 0) is 24.2 Å². The average molecular weight is 438 g/mol. The molecule has 0 atom stereocenters. The first-order chi connectivity index (χ1) is 15.0. The van der Waals surface area contributed by atoms with Gasteiger partial charge in [-0.15, -0.1) is 0 Å². The largest absolute Gasteiger partial charge is 0.480 e. The van der Waals surface area contributed by atoms with E-state index < -0.39 is 18.3 Å². The summed E-state index contributed by atoms with van der Waals surface area (Å²) in [5.74, 6) is -1.11. The molecule has 0 spiro atoms. The minimum Gasteiger partial charge on any atom is -0.480 e. The van der Waals surface area contributed by atoms with Crippen LogP contribution in [0.3, 0.4) is 0 Å². The second kappa shape index (κ2) is 7.44. The summed E-state index contributed by atoms with van der Waals surface area (Å²) in [7, 11) is 0. The molecule has 6 bridgehead atoms. The van der Waals surface area contributed by atoms with Gasteiger partial charge in [-0.05, 0) is 48.2 Å². The summed E-state index contributed by atoms with van der Waals surface area (Å²) in [6, 6.07) is 11.3. The number of aliphatic carboxylic acids is 1. The highest BCUT2D eigenvalue weighted by atomic mass is 35.5. The van der Waals surface area contributed by atoms with E-state index in [1.807, 2.05) is 30.3 Å². The molecule has 4 aromatic rings. The number of halogens is 1. The van der Waals surface area contributed by atoms with Crippen molar-refractivity contribution in [2.75, 3.05) is 10.6 Å². The fourth-order valence-corrected chi connectivity index (χ4v) is 3.78. The topological polar surface area (TPSA) is 122 Å². The van der Waals surface area contributed by atoms with Crippen molar-refractivity contribution in [3.63, 3.8) is 0 Å². The van der Waals surface area contributed by atoms with Crippen molar-refractivity contribution in [1.82, 2.24) is 14.5 Å². The first-order valence-corrected chi connectivity index (χ1v) is 9.87. The molecule has 9 nitrogen and oxygen atoms in total. The third-order valence-electron chi connectivity index (χ3n) is 5.01. The summed E-state index contributed by atoms with van der Waals surface area (Å²) in [5, 5.41) is 15.8. The van der Waals surface area contributed by atoms with Crippen molar-refractivity contribution in [1.29, 1.82) is 0 Å². The van der Waals surface area contributed by atoms with Crippen molar-refractivity contribution in [3.05, 3.63) is 69.3 Å². The summed E-state index contributed by atoms with van der Waals surface area (Å²) in [5.41, 5.74) is 4.03. The fraction of sp³-hybridized carbons (Fsp3) is 0.143. The van der Waals surface area contributed by atoms with Crippen molar-refractivity contribution in [3.8, 4) is 0 Å². The molecule has 31 heavy (non-hydrogen) atoms. The van der Waals surface area contributed by atoms with Gasteiger partial charge in [-0.2, -0.15) is 4.98 Å². The van der Waals surface area contributed by atoms with E-state index in [1.54, 1.807) is 6.07 Å². The smallest absolute Gasteiger partial charge is 0.420 e. The summed E-state index contributed by atoms with van der Waals surface area (Å²) in [4.78, 5) is 32.3. The normalized spacial score (nSPS) is 12.8. The standard InChI is InChI=1S/C21H16ClN5O4/c22-15-9-23-20-25-13-3-1-2-11(6-13)4-5-12-7-14(24-19(15)26-20)8-16-18(12)31-21(30)27(16)10-17(28)29/h1-3,6-9H,4-5,10H2,(H,28,29)(H2,23,24,25,26). The monoisotopic (exact) mass is 437 g/mol. The van der Waals surface area contributed by atoms with E-state index in [0.717, 1.165) is 21.4 Å². The van der Waals surface area contributed by atoms with Gasteiger partial charge in [0.05, 0.1) is 11.7 Å². The number of carboxylic acid groups (broad SMARTS) is 1. The van der Waals surface area contributed by atoms with Gasteiger partial charge in [0.25, 0.3) is 0 Å². The van der Waals surface area contributed by atoms with Crippen LogP contribution in [0.2, 0.25) is 5.02 Å². The van der Waals surface area contributed by atoms with Crippen LogP contribution in [0.25, 0.3) is 11.1 Å². The first kappa shape index (κ1) is 19.1. The van der Waals surface area contributed by atoms with Gasteiger partial charge in [0, 0.05) is 11.4 Å². The molecule has 0 fully saturated rings. The lowest BCUT2D eigenvalue weighted by molar-refractivity contribution is -0.137. The molecule has 10 heteroatoms. The zero-order chi connectivity index (χ0) is 21.5. The summed E-state index contributed by atoms with van der Waals surface area (Å²) in [6.07, 6.45) is 2.74. The SMILES string of the molecule is O=C(O)Cn1c(=O)oc2c3cc(cc21)Nc1nc(ncc1Cl)Nc1cccc(c1)CC3. The van der Waals surface area contributed by atoms with Crippen LogP contribution < -0.4 is 16.4 Å². The summed E-state index contributed by atoms with van der Waals surface area (Å²) in [6.45, 7) is -0.501. The number of carbonyl (C=O) groups is 1. The summed E-state index contributed by atoms with van der Waals surface area (Å²) < 4.78 is 6.53. The van der Waals surface area contributed by atoms with Gasteiger partial charge < -0.3 is 20.2 Å². The van der Waals surface area contributed by atoms with Gasteiger partial charge in [0.15, 0.2) is 11.4 Å². The highest BCUT2D eigenvalue weighted by Gasteiger charge is 2.18. The number of anilines is 4. The molecule has 2 aromatic heterocycles. The van der Waals surface area contributed by atoms with Crippen LogP contribution in [0.4, 0.5) is 23.1 Å². The van der Waals surface area contributed by atoms with Gasteiger partial charge >= 0.3 is 11.7 Å². The Hall–Kier alpha value is -3.85.